The summed E-state index contributed by atoms with van der Waals surface area (Å²) in [5.74, 6) is 0.412. The van der Waals surface area contributed by atoms with Gasteiger partial charge in [-0.1, -0.05) is 31.8 Å². The predicted molar refractivity (Wildman–Crippen MR) is 97.5 cm³/mol. The molecule has 0 spiro atoms. The highest BCUT2D eigenvalue weighted by Crippen LogP contribution is 2.18. The Hall–Kier alpha value is -1.95. The van der Waals surface area contributed by atoms with Gasteiger partial charge in [0.1, 0.15) is 0 Å². The molecule has 0 radical (unpaired) electrons. The summed E-state index contributed by atoms with van der Waals surface area (Å²) < 4.78 is 5.10. The first-order chi connectivity index (χ1) is 12.1. The third-order valence-corrected chi connectivity index (χ3v) is 5.12. The van der Waals surface area contributed by atoms with Gasteiger partial charge < -0.3 is 9.84 Å². The number of aromatic nitrogens is 2. The van der Waals surface area contributed by atoms with Crippen molar-refractivity contribution in [2.75, 3.05) is 19.6 Å². The van der Waals surface area contributed by atoms with Crippen molar-refractivity contribution in [3.05, 3.63) is 23.5 Å². The minimum atomic E-state index is -0.0875. The number of nitrogens with one attached hydrogen (secondary N) is 1. The lowest BCUT2D eigenvalue weighted by atomic mass is 10.0. The molecule has 1 fully saturated rings. The van der Waals surface area contributed by atoms with Crippen LogP contribution in [0.4, 0.5) is 0 Å². The molecular weight excluding hydrogens is 316 g/mol. The second kappa shape index (κ2) is 7.95. The molecule has 1 aliphatic heterocycles. The molecule has 2 aromatic heterocycles. The number of carbonyl (C=O) groups is 1. The van der Waals surface area contributed by atoms with Crippen LogP contribution in [0.1, 0.15) is 55.6 Å². The highest BCUT2D eigenvalue weighted by Gasteiger charge is 2.23. The largest absolute Gasteiger partial charge is 0.350 e. The van der Waals surface area contributed by atoms with Crippen molar-refractivity contribution in [1.82, 2.24) is 20.4 Å². The standard InChI is InChI=1S/C19H28N4O2/c1-13(2)17(23-8-6-4-5-7-9-23)12-20-18(24)15-10-16-14(3)22-25-19(16)21-11-15/h10-11,13,17H,4-9,12H2,1-3H3,(H,20,24)/t17-/m0/s1. The Balaban J connectivity index is 1.66. The van der Waals surface area contributed by atoms with Crippen LogP contribution in [-0.2, 0) is 0 Å². The molecule has 3 heterocycles. The van der Waals surface area contributed by atoms with E-state index in [0.29, 0.717) is 29.8 Å². The van der Waals surface area contributed by atoms with Crippen LogP contribution in [0.25, 0.3) is 11.1 Å². The number of hydrogen-bond donors (Lipinski definition) is 1. The van der Waals surface area contributed by atoms with Crippen LogP contribution in [0.5, 0.6) is 0 Å². The van der Waals surface area contributed by atoms with E-state index in [1.165, 1.54) is 25.7 Å². The molecule has 136 valence electrons. The van der Waals surface area contributed by atoms with E-state index in [4.69, 9.17) is 4.52 Å². The lowest BCUT2D eigenvalue weighted by molar-refractivity contribution is 0.0917. The fraction of sp³-hybridized carbons (Fsp3) is 0.632. The van der Waals surface area contributed by atoms with E-state index in [1.807, 2.05) is 6.92 Å². The summed E-state index contributed by atoms with van der Waals surface area (Å²) in [5, 5.41) is 7.78. The van der Waals surface area contributed by atoms with E-state index in [9.17, 15) is 4.79 Å². The zero-order valence-electron chi connectivity index (χ0n) is 15.4. The summed E-state index contributed by atoms with van der Waals surface area (Å²) >= 11 is 0. The summed E-state index contributed by atoms with van der Waals surface area (Å²) in [6.45, 7) is 9.24. The number of carbonyl (C=O) groups excluding carboxylic acids is 1. The molecule has 0 saturated carbocycles. The smallest absolute Gasteiger partial charge is 0.257 e. The average molecular weight is 344 g/mol. The number of likely N-dealkylation sites (tertiary alicyclic amines) is 1. The molecule has 1 aliphatic rings. The van der Waals surface area contributed by atoms with Crippen LogP contribution in [0.2, 0.25) is 0 Å². The number of amides is 1. The zero-order chi connectivity index (χ0) is 17.8. The summed E-state index contributed by atoms with van der Waals surface area (Å²) in [6.07, 6.45) is 6.70. The zero-order valence-corrected chi connectivity index (χ0v) is 15.4. The Bertz CT molecular complexity index is 717. The maximum Gasteiger partial charge on any atom is 0.257 e. The van der Waals surface area contributed by atoms with Crippen LogP contribution in [0.15, 0.2) is 16.8 Å². The molecule has 0 bridgehead atoms. The number of nitrogens with zero attached hydrogens (tertiary/aromatic N) is 3. The number of fused-ring (bicyclic) bond motifs is 1. The van der Waals surface area contributed by atoms with E-state index in [2.05, 4.69) is 34.2 Å². The van der Waals surface area contributed by atoms with Gasteiger partial charge in [-0.25, -0.2) is 4.98 Å². The van der Waals surface area contributed by atoms with Gasteiger partial charge in [0.05, 0.1) is 16.6 Å². The van der Waals surface area contributed by atoms with Crippen molar-refractivity contribution in [3.8, 4) is 0 Å². The van der Waals surface area contributed by atoms with Crippen molar-refractivity contribution in [3.63, 3.8) is 0 Å². The minimum Gasteiger partial charge on any atom is -0.350 e. The van der Waals surface area contributed by atoms with E-state index < -0.39 is 0 Å². The molecule has 1 atom stereocenters. The minimum absolute atomic E-state index is 0.0875. The molecule has 0 unspecified atom stereocenters. The van der Waals surface area contributed by atoms with E-state index >= 15 is 0 Å². The molecule has 25 heavy (non-hydrogen) atoms. The number of pyridine rings is 1. The molecule has 1 saturated heterocycles. The first kappa shape index (κ1) is 17.9. The fourth-order valence-electron chi connectivity index (χ4n) is 3.58. The maximum absolute atomic E-state index is 12.6. The van der Waals surface area contributed by atoms with Crippen LogP contribution in [-0.4, -0.2) is 46.6 Å². The van der Waals surface area contributed by atoms with Gasteiger partial charge in [-0.3, -0.25) is 9.69 Å². The first-order valence-corrected chi connectivity index (χ1v) is 9.30. The van der Waals surface area contributed by atoms with Crippen molar-refractivity contribution < 1.29 is 9.32 Å². The van der Waals surface area contributed by atoms with Crippen molar-refractivity contribution >= 4 is 17.0 Å². The average Bonchev–Trinajstić information content (AvgIpc) is 2.80. The maximum atomic E-state index is 12.6. The van der Waals surface area contributed by atoms with Gasteiger partial charge in [0.25, 0.3) is 11.6 Å². The predicted octanol–water partition coefficient (Wildman–Crippen LogP) is 3.16. The Morgan fingerprint density at radius 2 is 2.00 bits per heavy atom. The third kappa shape index (κ3) is 4.18. The number of aryl methyl sites for hydroxylation is 1. The molecule has 1 amide bonds. The topological polar surface area (TPSA) is 71.3 Å². The van der Waals surface area contributed by atoms with Gasteiger partial charge in [-0.15, -0.1) is 0 Å². The summed E-state index contributed by atoms with van der Waals surface area (Å²) in [5.41, 5.74) is 1.78. The van der Waals surface area contributed by atoms with E-state index in [1.54, 1.807) is 12.3 Å². The third-order valence-electron chi connectivity index (χ3n) is 5.12. The fourth-order valence-corrected chi connectivity index (χ4v) is 3.58. The highest BCUT2D eigenvalue weighted by atomic mass is 16.5. The van der Waals surface area contributed by atoms with Gasteiger partial charge in [-0.05, 0) is 44.8 Å². The first-order valence-electron chi connectivity index (χ1n) is 9.30. The van der Waals surface area contributed by atoms with Gasteiger partial charge in [-0.2, -0.15) is 0 Å². The molecule has 3 rings (SSSR count). The van der Waals surface area contributed by atoms with Gasteiger partial charge >= 0.3 is 0 Å². The van der Waals surface area contributed by atoms with E-state index in [0.717, 1.165) is 24.2 Å². The van der Waals surface area contributed by atoms with Crippen molar-refractivity contribution in [1.29, 1.82) is 0 Å². The summed E-state index contributed by atoms with van der Waals surface area (Å²) in [4.78, 5) is 19.3. The molecule has 6 heteroatoms. The SMILES string of the molecule is Cc1noc2ncc(C(=O)NC[C@@H](C(C)C)N3CCCCCC3)cc12. The van der Waals surface area contributed by atoms with Crippen LogP contribution < -0.4 is 5.32 Å². The normalized spacial score (nSPS) is 17.6. The van der Waals surface area contributed by atoms with Gasteiger partial charge in [0.2, 0.25) is 0 Å². The number of rotatable bonds is 5. The Morgan fingerprint density at radius 3 is 2.68 bits per heavy atom. The lowest BCUT2D eigenvalue weighted by Crippen LogP contribution is -2.47. The van der Waals surface area contributed by atoms with Crippen LogP contribution >= 0.6 is 0 Å². The molecule has 6 nitrogen and oxygen atoms in total. The van der Waals surface area contributed by atoms with Crippen molar-refractivity contribution in [2.45, 2.75) is 52.5 Å². The van der Waals surface area contributed by atoms with Crippen molar-refractivity contribution in [2.24, 2.45) is 5.92 Å². The van der Waals surface area contributed by atoms with Gasteiger partial charge in [0, 0.05) is 18.8 Å². The molecular formula is C19H28N4O2. The Kier molecular flexibility index (Phi) is 5.68. The van der Waals surface area contributed by atoms with Gasteiger partial charge in [0.15, 0.2) is 0 Å². The molecule has 2 aromatic rings. The van der Waals surface area contributed by atoms with Crippen LogP contribution in [0.3, 0.4) is 0 Å². The molecule has 1 N–H and O–H groups in total. The second-order valence-electron chi connectivity index (χ2n) is 7.32. The Labute approximate surface area is 149 Å². The lowest BCUT2D eigenvalue weighted by Gasteiger charge is -2.33. The van der Waals surface area contributed by atoms with E-state index in [-0.39, 0.29) is 5.91 Å². The highest BCUT2D eigenvalue weighted by molar-refractivity contribution is 5.96. The van der Waals surface area contributed by atoms with Crippen LogP contribution in [0, 0.1) is 12.8 Å². The summed E-state index contributed by atoms with van der Waals surface area (Å²) in [6, 6.07) is 2.18. The monoisotopic (exact) mass is 344 g/mol. The Morgan fingerprint density at radius 1 is 1.28 bits per heavy atom. The quantitative estimate of drug-likeness (QED) is 0.902. The molecule has 0 aliphatic carbocycles. The molecule has 0 aromatic carbocycles. The summed E-state index contributed by atoms with van der Waals surface area (Å²) in [7, 11) is 0. The second-order valence-corrected chi connectivity index (χ2v) is 7.32. The number of hydrogen-bond acceptors (Lipinski definition) is 5.